The number of rotatable bonds is 3. The zero-order valence-corrected chi connectivity index (χ0v) is 9.02. The monoisotopic (exact) mass is 183 g/mol. The molecule has 0 aromatic carbocycles. The van der Waals surface area contributed by atoms with Gasteiger partial charge >= 0.3 is 0 Å². The Morgan fingerprint density at radius 3 is 2.62 bits per heavy atom. The van der Waals surface area contributed by atoms with Crippen LogP contribution in [-0.2, 0) is 4.79 Å². The van der Waals surface area contributed by atoms with Gasteiger partial charge in [0.05, 0.1) is 5.54 Å². The molecule has 0 aromatic rings. The van der Waals surface area contributed by atoms with E-state index in [1.165, 1.54) is 12.8 Å². The Morgan fingerprint density at radius 2 is 2.15 bits per heavy atom. The zero-order valence-electron chi connectivity index (χ0n) is 9.02. The number of Topliss-reactive ketones (excluding diaryl/α,β-unsaturated/α-hetero) is 1. The zero-order chi connectivity index (χ0) is 9.90. The summed E-state index contributed by atoms with van der Waals surface area (Å²) in [6.07, 6.45) is 4.12. The van der Waals surface area contributed by atoms with Crippen molar-refractivity contribution < 1.29 is 4.79 Å². The van der Waals surface area contributed by atoms with Crippen LogP contribution in [0, 0.1) is 5.92 Å². The van der Waals surface area contributed by atoms with Gasteiger partial charge in [0, 0.05) is 6.42 Å². The van der Waals surface area contributed by atoms with Gasteiger partial charge in [-0.2, -0.15) is 0 Å². The van der Waals surface area contributed by atoms with Crippen LogP contribution in [0.4, 0.5) is 0 Å². The average Bonchev–Trinajstić information content (AvgIpc) is 2.04. The van der Waals surface area contributed by atoms with E-state index in [-0.39, 0.29) is 5.54 Å². The SMILES string of the molecule is CC(C)CC(=O)C1(C)CCCCN1. The van der Waals surface area contributed by atoms with Crippen LogP contribution in [0.25, 0.3) is 0 Å². The summed E-state index contributed by atoms with van der Waals surface area (Å²) >= 11 is 0. The highest BCUT2D eigenvalue weighted by atomic mass is 16.1. The summed E-state index contributed by atoms with van der Waals surface area (Å²) in [4.78, 5) is 11.9. The minimum Gasteiger partial charge on any atom is -0.305 e. The number of hydrogen-bond donors (Lipinski definition) is 1. The summed E-state index contributed by atoms with van der Waals surface area (Å²) in [7, 11) is 0. The first-order chi connectivity index (χ1) is 6.04. The number of hydrogen-bond acceptors (Lipinski definition) is 2. The summed E-state index contributed by atoms with van der Waals surface area (Å²) in [6, 6.07) is 0. The molecule has 2 heteroatoms. The number of carbonyl (C=O) groups excluding carboxylic acids is 1. The fraction of sp³-hybridized carbons (Fsp3) is 0.909. The lowest BCUT2D eigenvalue weighted by atomic mass is 9.83. The number of ketones is 1. The van der Waals surface area contributed by atoms with Crippen molar-refractivity contribution in [2.45, 2.75) is 52.0 Å². The van der Waals surface area contributed by atoms with Crippen molar-refractivity contribution in [2.24, 2.45) is 5.92 Å². The first-order valence-corrected chi connectivity index (χ1v) is 5.33. The Balaban J connectivity index is 2.51. The molecule has 1 N–H and O–H groups in total. The molecule has 1 atom stereocenters. The van der Waals surface area contributed by atoms with Gasteiger partial charge in [-0.3, -0.25) is 4.79 Å². The van der Waals surface area contributed by atoms with E-state index in [1.807, 2.05) is 0 Å². The Morgan fingerprint density at radius 1 is 1.46 bits per heavy atom. The lowest BCUT2D eigenvalue weighted by Gasteiger charge is -2.34. The molecule has 1 aliphatic heterocycles. The van der Waals surface area contributed by atoms with Gasteiger partial charge in [0.15, 0.2) is 5.78 Å². The van der Waals surface area contributed by atoms with Gasteiger partial charge in [-0.15, -0.1) is 0 Å². The second-order valence-electron chi connectivity index (χ2n) is 4.74. The largest absolute Gasteiger partial charge is 0.305 e. The van der Waals surface area contributed by atoms with Crippen LogP contribution in [0.15, 0.2) is 0 Å². The number of piperidine rings is 1. The predicted molar refractivity (Wildman–Crippen MR) is 54.7 cm³/mol. The molecular formula is C11H21NO. The van der Waals surface area contributed by atoms with E-state index in [0.29, 0.717) is 18.1 Å². The minimum absolute atomic E-state index is 0.220. The van der Waals surface area contributed by atoms with Crippen LogP contribution in [0.1, 0.15) is 46.5 Å². The molecule has 0 amide bonds. The average molecular weight is 183 g/mol. The lowest BCUT2D eigenvalue weighted by Crippen LogP contribution is -2.52. The predicted octanol–water partition coefficient (Wildman–Crippen LogP) is 2.13. The highest BCUT2D eigenvalue weighted by Gasteiger charge is 2.33. The summed E-state index contributed by atoms with van der Waals surface area (Å²) in [5.41, 5.74) is -0.220. The van der Waals surface area contributed by atoms with E-state index in [1.54, 1.807) is 0 Å². The molecule has 0 saturated carbocycles. The van der Waals surface area contributed by atoms with E-state index in [9.17, 15) is 4.79 Å². The molecule has 0 aromatic heterocycles. The van der Waals surface area contributed by atoms with E-state index < -0.39 is 0 Å². The van der Waals surface area contributed by atoms with Crippen LogP contribution in [0.3, 0.4) is 0 Å². The van der Waals surface area contributed by atoms with Gasteiger partial charge in [0.25, 0.3) is 0 Å². The fourth-order valence-electron chi connectivity index (χ4n) is 1.89. The molecule has 1 heterocycles. The van der Waals surface area contributed by atoms with Crippen molar-refractivity contribution in [3.63, 3.8) is 0 Å². The van der Waals surface area contributed by atoms with E-state index >= 15 is 0 Å². The molecule has 1 aliphatic rings. The third kappa shape index (κ3) is 2.80. The van der Waals surface area contributed by atoms with E-state index in [2.05, 4.69) is 26.1 Å². The molecule has 1 fully saturated rings. The first-order valence-electron chi connectivity index (χ1n) is 5.33. The summed E-state index contributed by atoms with van der Waals surface area (Å²) < 4.78 is 0. The Kier molecular flexibility index (Phi) is 3.48. The molecule has 2 nitrogen and oxygen atoms in total. The van der Waals surface area contributed by atoms with Gasteiger partial charge in [-0.05, 0) is 38.6 Å². The molecule has 0 aliphatic carbocycles. The molecule has 13 heavy (non-hydrogen) atoms. The second-order valence-corrected chi connectivity index (χ2v) is 4.74. The molecular weight excluding hydrogens is 162 g/mol. The van der Waals surface area contributed by atoms with E-state index in [0.717, 1.165) is 13.0 Å². The summed E-state index contributed by atoms with van der Waals surface area (Å²) in [5, 5.41) is 3.35. The highest BCUT2D eigenvalue weighted by Crippen LogP contribution is 2.22. The topological polar surface area (TPSA) is 29.1 Å². The molecule has 0 bridgehead atoms. The van der Waals surface area contributed by atoms with Crippen molar-refractivity contribution in [1.29, 1.82) is 0 Å². The maximum absolute atomic E-state index is 11.9. The molecule has 76 valence electrons. The molecule has 1 rings (SSSR count). The summed E-state index contributed by atoms with van der Waals surface area (Å²) in [5.74, 6) is 0.871. The van der Waals surface area contributed by atoms with Crippen LogP contribution in [0.5, 0.6) is 0 Å². The molecule has 1 unspecified atom stereocenters. The van der Waals surface area contributed by atoms with Crippen molar-refractivity contribution >= 4 is 5.78 Å². The molecule has 1 saturated heterocycles. The lowest BCUT2D eigenvalue weighted by molar-refractivity contribution is -0.126. The second kappa shape index (κ2) is 4.23. The maximum atomic E-state index is 11.9. The van der Waals surface area contributed by atoms with Gasteiger partial charge < -0.3 is 5.32 Å². The van der Waals surface area contributed by atoms with Gasteiger partial charge in [0.2, 0.25) is 0 Å². The minimum atomic E-state index is -0.220. The van der Waals surface area contributed by atoms with Gasteiger partial charge in [-0.1, -0.05) is 13.8 Å². The summed E-state index contributed by atoms with van der Waals surface area (Å²) in [6.45, 7) is 7.26. The fourth-order valence-corrected chi connectivity index (χ4v) is 1.89. The van der Waals surface area contributed by atoms with Crippen LogP contribution in [-0.4, -0.2) is 17.9 Å². The van der Waals surface area contributed by atoms with E-state index in [4.69, 9.17) is 0 Å². The van der Waals surface area contributed by atoms with Gasteiger partial charge in [0.1, 0.15) is 0 Å². The highest BCUT2D eigenvalue weighted by molar-refractivity contribution is 5.88. The Bertz CT molecular complexity index is 181. The smallest absolute Gasteiger partial charge is 0.152 e. The Labute approximate surface area is 81.1 Å². The third-order valence-electron chi connectivity index (χ3n) is 2.83. The van der Waals surface area contributed by atoms with Gasteiger partial charge in [-0.25, -0.2) is 0 Å². The quantitative estimate of drug-likeness (QED) is 0.726. The number of carbonyl (C=O) groups is 1. The normalized spacial score (nSPS) is 29.2. The van der Waals surface area contributed by atoms with Crippen molar-refractivity contribution in [1.82, 2.24) is 5.32 Å². The Hall–Kier alpha value is -0.370. The standard InChI is InChI=1S/C11H21NO/c1-9(2)8-10(13)11(3)6-4-5-7-12-11/h9,12H,4-8H2,1-3H3. The number of nitrogens with one attached hydrogen (secondary N) is 1. The molecule has 0 radical (unpaired) electrons. The van der Waals surface area contributed by atoms with Crippen molar-refractivity contribution in [3.05, 3.63) is 0 Å². The third-order valence-corrected chi connectivity index (χ3v) is 2.83. The van der Waals surface area contributed by atoms with Crippen LogP contribution >= 0.6 is 0 Å². The molecule has 0 spiro atoms. The first kappa shape index (κ1) is 10.7. The van der Waals surface area contributed by atoms with Crippen LogP contribution < -0.4 is 5.32 Å². The van der Waals surface area contributed by atoms with Crippen LogP contribution in [0.2, 0.25) is 0 Å². The van der Waals surface area contributed by atoms with Crippen molar-refractivity contribution in [3.8, 4) is 0 Å². The van der Waals surface area contributed by atoms with Crippen molar-refractivity contribution in [2.75, 3.05) is 6.54 Å². The maximum Gasteiger partial charge on any atom is 0.152 e.